The van der Waals surface area contributed by atoms with E-state index in [1.807, 2.05) is 35.7 Å². The van der Waals surface area contributed by atoms with Gasteiger partial charge in [-0.1, -0.05) is 18.2 Å². The number of aliphatic hydroxyl groups is 1. The standard InChI is InChI=1S/C14H14N2OS/c1-10(17)9-16-12-6-3-2-5-11(12)15-14(16)13-7-4-8-18-13/h2-8,10,17H,9H2,1H3/t10-/m1/s1. The maximum atomic E-state index is 9.66. The molecule has 3 rings (SSSR count). The van der Waals surface area contributed by atoms with Crippen molar-refractivity contribution in [1.29, 1.82) is 0 Å². The first-order valence-corrected chi connectivity index (χ1v) is 6.81. The highest BCUT2D eigenvalue weighted by Gasteiger charge is 2.14. The largest absolute Gasteiger partial charge is 0.392 e. The van der Waals surface area contributed by atoms with Gasteiger partial charge in [0.2, 0.25) is 0 Å². The van der Waals surface area contributed by atoms with E-state index in [0.717, 1.165) is 21.7 Å². The van der Waals surface area contributed by atoms with Crippen molar-refractivity contribution in [2.75, 3.05) is 0 Å². The van der Waals surface area contributed by atoms with Crippen LogP contribution in [0.15, 0.2) is 41.8 Å². The first kappa shape index (κ1) is 11.4. The Labute approximate surface area is 109 Å². The molecule has 1 N–H and O–H groups in total. The lowest BCUT2D eigenvalue weighted by Crippen LogP contribution is -2.12. The number of rotatable bonds is 3. The summed E-state index contributed by atoms with van der Waals surface area (Å²) in [5, 5.41) is 11.7. The van der Waals surface area contributed by atoms with Gasteiger partial charge in [-0.25, -0.2) is 4.98 Å². The summed E-state index contributed by atoms with van der Waals surface area (Å²) in [6.45, 7) is 2.36. The van der Waals surface area contributed by atoms with Crippen molar-refractivity contribution in [3.05, 3.63) is 41.8 Å². The van der Waals surface area contributed by atoms with Crippen molar-refractivity contribution in [2.45, 2.75) is 19.6 Å². The van der Waals surface area contributed by atoms with Gasteiger partial charge in [-0.05, 0) is 30.5 Å². The van der Waals surface area contributed by atoms with Crippen LogP contribution in [0.5, 0.6) is 0 Å². The molecule has 0 spiro atoms. The SMILES string of the molecule is C[C@@H](O)Cn1c(-c2cccs2)nc2ccccc21. The molecule has 0 aliphatic rings. The Morgan fingerprint density at radius 3 is 2.83 bits per heavy atom. The second-order valence-corrected chi connectivity index (χ2v) is 5.31. The number of aromatic nitrogens is 2. The van der Waals surface area contributed by atoms with Crippen molar-refractivity contribution in [3.8, 4) is 10.7 Å². The average molecular weight is 258 g/mol. The third-order valence-corrected chi connectivity index (χ3v) is 3.71. The lowest BCUT2D eigenvalue weighted by Gasteiger charge is -2.10. The van der Waals surface area contributed by atoms with E-state index in [9.17, 15) is 5.11 Å². The molecule has 2 heterocycles. The second kappa shape index (κ2) is 4.55. The number of nitrogens with zero attached hydrogens (tertiary/aromatic N) is 2. The zero-order valence-corrected chi connectivity index (χ0v) is 10.9. The molecular weight excluding hydrogens is 244 g/mol. The van der Waals surface area contributed by atoms with E-state index < -0.39 is 0 Å². The molecule has 1 atom stereocenters. The number of para-hydroxylation sites is 2. The van der Waals surface area contributed by atoms with Gasteiger partial charge in [0.05, 0.1) is 28.6 Å². The molecule has 2 aromatic heterocycles. The molecule has 0 radical (unpaired) electrons. The van der Waals surface area contributed by atoms with Crippen molar-refractivity contribution in [1.82, 2.24) is 9.55 Å². The molecule has 92 valence electrons. The molecule has 18 heavy (non-hydrogen) atoms. The van der Waals surface area contributed by atoms with Crippen LogP contribution in [0, 0.1) is 0 Å². The summed E-state index contributed by atoms with van der Waals surface area (Å²) in [5.74, 6) is 0.937. The first-order valence-electron chi connectivity index (χ1n) is 5.93. The lowest BCUT2D eigenvalue weighted by atomic mass is 10.3. The van der Waals surface area contributed by atoms with E-state index in [4.69, 9.17) is 0 Å². The molecule has 0 bridgehead atoms. The number of benzene rings is 1. The number of fused-ring (bicyclic) bond motifs is 1. The molecule has 0 saturated carbocycles. The monoisotopic (exact) mass is 258 g/mol. The Morgan fingerprint density at radius 1 is 1.28 bits per heavy atom. The number of aliphatic hydroxyl groups excluding tert-OH is 1. The summed E-state index contributed by atoms with van der Waals surface area (Å²) >= 11 is 1.67. The zero-order chi connectivity index (χ0) is 12.5. The molecule has 0 saturated heterocycles. The minimum atomic E-state index is -0.388. The summed E-state index contributed by atoms with van der Waals surface area (Å²) in [7, 11) is 0. The second-order valence-electron chi connectivity index (χ2n) is 4.36. The van der Waals surface area contributed by atoms with Gasteiger partial charge < -0.3 is 9.67 Å². The normalized spacial score (nSPS) is 13.0. The Balaban J connectivity index is 2.23. The highest BCUT2D eigenvalue weighted by atomic mass is 32.1. The van der Waals surface area contributed by atoms with Crippen LogP contribution < -0.4 is 0 Å². The van der Waals surface area contributed by atoms with Crippen LogP contribution >= 0.6 is 11.3 Å². The maximum Gasteiger partial charge on any atom is 0.151 e. The van der Waals surface area contributed by atoms with Crippen molar-refractivity contribution >= 4 is 22.4 Å². The summed E-state index contributed by atoms with van der Waals surface area (Å²) in [5.41, 5.74) is 2.04. The molecule has 3 nitrogen and oxygen atoms in total. The topological polar surface area (TPSA) is 38.0 Å². The Hall–Kier alpha value is -1.65. The fourth-order valence-corrected chi connectivity index (χ4v) is 2.84. The fraction of sp³-hybridized carbons (Fsp3) is 0.214. The molecule has 0 unspecified atom stereocenters. The van der Waals surface area contributed by atoms with Gasteiger partial charge >= 0.3 is 0 Å². The van der Waals surface area contributed by atoms with E-state index in [1.54, 1.807) is 18.3 Å². The molecule has 0 amide bonds. The van der Waals surface area contributed by atoms with Gasteiger partial charge in [0.15, 0.2) is 5.82 Å². The van der Waals surface area contributed by atoms with Crippen molar-refractivity contribution in [2.24, 2.45) is 0 Å². The van der Waals surface area contributed by atoms with Crippen molar-refractivity contribution < 1.29 is 5.11 Å². The molecule has 0 aliphatic carbocycles. The van der Waals surface area contributed by atoms with Gasteiger partial charge in [-0.3, -0.25) is 0 Å². The highest BCUT2D eigenvalue weighted by molar-refractivity contribution is 7.13. The van der Waals surface area contributed by atoms with Crippen LogP contribution in [0.3, 0.4) is 0 Å². The van der Waals surface area contributed by atoms with Gasteiger partial charge in [0.25, 0.3) is 0 Å². The van der Waals surface area contributed by atoms with Crippen LogP contribution in [0.2, 0.25) is 0 Å². The Bertz CT molecular complexity index is 656. The molecule has 0 fully saturated rings. The average Bonchev–Trinajstić information content (AvgIpc) is 2.96. The number of thiophene rings is 1. The fourth-order valence-electron chi connectivity index (χ4n) is 2.12. The van der Waals surface area contributed by atoms with Gasteiger partial charge in [-0.15, -0.1) is 11.3 Å². The Kier molecular flexibility index (Phi) is 2.89. The predicted octanol–water partition coefficient (Wildman–Crippen LogP) is 3.15. The van der Waals surface area contributed by atoms with E-state index in [1.165, 1.54) is 0 Å². The lowest BCUT2D eigenvalue weighted by molar-refractivity contribution is 0.175. The van der Waals surface area contributed by atoms with Crippen LogP contribution in [0.4, 0.5) is 0 Å². The molecule has 3 aromatic rings. The smallest absolute Gasteiger partial charge is 0.151 e. The zero-order valence-electron chi connectivity index (χ0n) is 10.1. The third-order valence-electron chi connectivity index (χ3n) is 2.84. The Morgan fingerprint density at radius 2 is 2.11 bits per heavy atom. The van der Waals surface area contributed by atoms with E-state index in [0.29, 0.717) is 6.54 Å². The highest BCUT2D eigenvalue weighted by Crippen LogP contribution is 2.28. The third kappa shape index (κ3) is 1.94. The van der Waals surface area contributed by atoms with Gasteiger partial charge in [0, 0.05) is 0 Å². The van der Waals surface area contributed by atoms with E-state index in [-0.39, 0.29) is 6.10 Å². The summed E-state index contributed by atoms with van der Waals surface area (Å²) < 4.78 is 2.09. The molecule has 0 aliphatic heterocycles. The first-order chi connectivity index (χ1) is 8.75. The van der Waals surface area contributed by atoms with E-state index in [2.05, 4.69) is 15.6 Å². The quantitative estimate of drug-likeness (QED) is 0.783. The minimum Gasteiger partial charge on any atom is -0.392 e. The maximum absolute atomic E-state index is 9.66. The molecule has 1 aromatic carbocycles. The van der Waals surface area contributed by atoms with Crippen LogP contribution in [-0.4, -0.2) is 20.8 Å². The predicted molar refractivity (Wildman–Crippen MR) is 74.7 cm³/mol. The van der Waals surface area contributed by atoms with Crippen molar-refractivity contribution in [3.63, 3.8) is 0 Å². The van der Waals surface area contributed by atoms with Crippen LogP contribution in [-0.2, 0) is 6.54 Å². The number of hydrogen-bond acceptors (Lipinski definition) is 3. The van der Waals surface area contributed by atoms with Crippen LogP contribution in [0.1, 0.15) is 6.92 Å². The number of imidazole rings is 1. The summed E-state index contributed by atoms with van der Waals surface area (Å²) in [6.07, 6.45) is -0.388. The molecular formula is C14H14N2OS. The number of hydrogen-bond donors (Lipinski definition) is 1. The molecule has 4 heteroatoms. The summed E-state index contributed by atoms with van der Waals surface area (Å²) in [4.78, 5) is 5.80. The minimum absolute atomic E-state index is 0.388. The summed E-state index contributed by atoms with van der Waals surface area (Å²) in [6, 6.07) is 12.1. The van der Waals surface area contributed by atoms with Crippen LogP contribution in [0.25, 0.3) is 21.7 Å². The van der Waals surface area contributed by atoms with E-state index >= 15 is 0 Å². The van der Waals surface area contributed by atoms with Gasteiger partial charge in [-0.2, -0.15) is 0 Å². The van der Waals surface area contributed by atoms with Gasteiger partial charge in [0.1, 0.15) is 0 Å².